The second kappa shape index (κ2) is 6.60. The van der Waals surface area contributed by atoms with Crippen LogP contribution in [0.4, 0.5) is 0 Å². The van der Waals surface area contributed by atoms with E-state index in [0.29, 0.717) is 13.1 Å². The van der Waals surface area contributed by atoms with Crippen molar-refractivity contribution in [2.75, 3.05) is 6.54 Å². The van der Waals surface area contributed by atoms with Crippen molar-refractivity contribution in [3.05, 3.63) is 53.3 Å². The Balaban J connectivity index is 1.68. The molecule has 0 amide bonds. The van der Waals surface area contributed by atoms with Gasteiger partial charge in [-0.3, -0.25) is 0 Å². The van der Waals surface area contributed by atoms with Crippen LogP contribution in [0.1, 0.15) is 17.8 Å². The van der Waals surface area contributed by atoms with Gasteiger partial charge in [0.25, 0.3) is 0 Å². The third-order valence-electron chi connectivity index (χ3n) is 3.12. The van der Waals surface area contributed by atoms with E-state index in [4.69, 9.17) is 5.73 Å². The minimum absolute atomic E-state index is 0.652. The van der Waals surface area contributed by atoms with Crippen LogP contribution in [0, 0.1) is 0 Å². The third-order valence-corrected chi connectivity index (χ3v) is 4.06. The maximum Gasteiger partial charge on any atom is 0.123 e. The standard InChI is InChI=1S/C15H17N5S/c16-8-4-7-13-9-20(19-18-13)10-14-11-21-15(17-14)12-5-2-1-3-6-12/h1-3,5-6,9,11H,4,7-8,10,16H2. The smallest absolute Gasteiger partial charge is 0.123 e. The molecule has 0 aliphatic rings. The van der Waals surface area contributed by atoms with Crippen molar-refractivity contribution in [2.45, 2.75) is 19.4 Å². The van der Waals surface area contributed by atoms with E-state index in [0.717, 1.165) is 34.8 Å². The topological polar surface area (TPSA) is 69.6 Å². The Labute approximate surface area is 127 Å². The molecule has 2 heterocycles. The van der Waals surface area contributed by atoms with Gasteiger partial charge in [-0.2, -0.15) is 0 Å². The van der Waals surface area contributed by atoms with Gasteiger partial charge in [-0.05, 0) is 19.4 Å². The molecule has 6 heteroatoms. The fourth-order valence-electron chi connectivity index (χ4n) is 2.07. The van der Waals surface area contributed by atoms with E-state index in [9.17, 15) is 0 Å². The predicted molar refractivity (Wildman–Crippen MR) is 84.0 cm³/mol. The van der Waals surface area contributed by atoms with E-state index < -0.39 is 0 Å². The molecule has 5 nitrogen and oxygen atoms in total. The van der Waals surface area contributed by atoms with Crippen LogP contribution in [0.15, 0.2) is 41.9 Å². The van der Waals surface area contributed by atoms with E-state index in [1.165, 1.54) is 0 Å². The number of hydrogen-bond donors (Lipinski definition) is 1. The summed E-state index contributed by atoms with van der Waals surface area (Å²) in [5, 5.41) is 11.4. The van der Waals surface area contributed by atoms with Gasteiger partial charge in [-0.15, -0.1) is 16.4 Å². The van der Waals surface area contributed by atoms with E-state index in [-0.39, 0.29) is 0 Å². The van der Waals surface area contributed by atoms with Crippen LogP contribution in [0.25, 0.3) is 10.6 Å². The maximum atomic E-state index is 5.50. The summed E-state index contributed by atoms with van der Waals surface area (Å²) in [6.45, 7) is 1.33. The Kier molecular flexibility index (Phi) is 4.37. The van der Waals surface area contributed by atoms with Crippen LogP contribution < -0.4 is 5.73 Å². The number of benzene rings is 1. The molecular formula is C15H17N5S. The number of nitrogens with zero attached hydrogens (tertiary/aromatic N) is 4. The Morgan fingerprint density at radius 2 is 2.00 bits per heavy atom. The van der Waals surface area contributed by atoms with Crippen LogP contribution in [0.5, 0.6) is 0 Å². The van der Waals surface area contributed by atoms with Gasteiger partial charge in [0, 0.05) is 17.1 Å². The van der Waals surface area contributed by atoms with Gasteiger partial charge in [-0.25, -0.2) is 9.67 Å². The summed E-state index contributed by atoms with van der Waals surface area (Å²) in [6, 6.07) is 10.2. The molecule has 0 radical (unpaired) electrons. The first-order chi connectivity index (χ1) is 10.3. The van der Waals surface area contributed by atoms with Crippen molar-refractivity contribution in [1.82, 2.24) is 20.0 Å². The lowest BCUT2D eigenvalue weighted by Gasteiger charge is -1.96. The zero-order chi connectivity index (χ0) is 14.5. The number of aryl methyl sites for hydroxylation is 1. The molecule has 0 aliphatic heterocycles. The Hall–Kier alpha value is -2.05. The summed E-state index contributed by atoms with van der Waals surface area (Å²) in [6.07, 6.45) is 3.79. The molecule has 0 spiro atoms. The normalized spacial score (nSPS) is 10.9. The van der Waals surface area contributed by atoms with Crippen LogP contribution in [-0.2, 0) is 13.0 Å². The van der Waals surface area contributed by atoms with Crippen LogP contribution in [0.2, 0.25) is 0 Å². The second-order valence-electron chi connectivity index (χ2n) is 4.81. The largest absolute Gasteiger partial charge is 0.330 e. The molecule has 3 rings (SSSR count). The van der Waals surface area contributed by atoms with E-state index in [1.807, 2.05) is 29.1 Å². The van der Waals surface area contributed by atoms with Crippen molar-refractivity contribution in [2.24, 2.45) is 5.73 Å². The van der Waals surface area contributed by atoms with Gasteiger partial charge in [0.05, 0.1) is 17.9 Å². The number of thiazole rings is 1. The van der Waals surface area contributed by atoms with E-state index in [2.05, 4.69) is 32.8 Å². The van der Waals surface area contributed by atoms with Gasteiger partial charge >= 0.3 is 0 Å². The monoisotopic (exact) mass is 299 g/mol. The quantitative estimate of drug-likeness (QED) is 0.758. The summed E-state index contributed by atoms with van der Waals surface area (Å²) >= 11 is 1.65. The highest BCUT2D eigenvalue weighted by Crippen LogP contribution is 2.23. The fraction of sp³-hybridized carbons (Fsp3) is 0.267. The molecule has 3 aromatic rings. The SMILES string of the molecule is NCCCc1cn(Cc2csc(-c3ccccc3)n2)nn1. The highest BCUT2D eigenvalue weighted by Gasteiger charge is 2.06. The molecule has 21 heavy (non-hydrogen) atoms. The number of aromatic nitrogens is 4. The summed E-state index contributed by atoms with van der Waals surface area (Å²) in [5.41, 5.74) is 8.64. The van der Waals surface area contributed by atoms with Gasteiger partial charge in [-0.1, -0.05) is 35.5 Å². The van der Waals surface area contributed by atoms with Crippen molar-refractivity contribution >= 4 is 11.3 Å². The van der Waals surface area contributed by atoms with Crippen molar-refractivity contribution in [1.29, 1.82) is 0 Å². The molecular weight excluding hydrogens is 282 g/mol. The lowest BCUT2D eigenvalue weighted by Crippen LogP contribution is -2.01. The summed E-state index contributed by atoms with van der Waals surface area (Å²) < 4.78 is 1.83. The Morgan fingerprint density at radius 1 is 1.14 bits per heavy atom. The fourth-order valence-corrected chi connectivity index (χ4v) is 2.89. The maximum absolute atomic E-state index is 5.50. The molecule has 108 valence electrons. The average Bonchev–Trinajstić information content (AvgIpc) is 3.16. The molecule has 2 aromatic heterocycles. The molecule has 0 fully saturated rings. The molecule has 0 unspecified atom stereocenters. The first kappa shape index (κ1) is 13.9. The lowest BCUT2D eigenvalue weighted by atomic mass is 10.2. The first-order valence-electron chi connectivity index (χ1n) is 6.94. The average molecular weight is 299 g/mol. The number of nitrogens with two attached hydrogens (primary N) is 1. The van der Waals surface area contributed by atoms with E-state index in [1.54, 1.807) is 11.3 Å². The predicted octanol–water partition coefficient (Wildman–Crippen LogP) is 2.34. The van der Waals surface area contributed by atoms with Crippen molar-refractivity contribution in [3.8, 4) is 10.6 Å². The summed E-state index contributed by atoms with van der Waals surface area (Å²) in [5.74, 6) is 0. The second-order valence-corrected chi connectivity index (χ2v) is 5.67. The van der Waals surface area contributed by atoms with Crippen molar-refractivity contribution in [3.63, 3.8) is 0 Å². The number of hydrogen-bond acceptors (Lipinski definition) is 5. The zero-order valence-electron chi connectivity index (χ0n) is 11.6. The lowest BCUT2D eigenvalue weighted by molar-refractivity contribution is 0.640. The number of rotatable bonds is 6. The minimum Gasteiger partial charge on any atom is -0.330 e. The third kappa shape index (κ3) is 3.53. The molecule has 0 saturated heterocycles. The van der Waals surface area contributed by atoms with Crippen LogP contribution >= 0.6 is 11.3 Å². The molecule has 0 aliphatic carbocycles. The van der Waals surface area contributed by atoms with Gasteiger partial charge in [0.15, 0.2) is 0 Å². The van der Waals surface area contributed by atoms with E-state index >= 15 is 0 Å². The first-order valence-corrected chi connectivity index (χ1v) is 7.82. The van der Waals surface area contributed by atoms with Crippen LogP contribution in [0.3, 0.4) is 0 Å². The van der Waals surface area contributed by atoms with Crippen LogP contribution in [-0.4, -0.2) is 26.5 Å². The summed E-state index contributed by atoms with van der Waals surface area (Å²) in [7, 11) is 0. The molecule has 0 bridgehead atoms. The highest BCUT2D eigenvalue weighted by molar-refractivity contribution is 7.13. The summed E-state index contributed by atoms with van der Waals surface area (Å²) in [4.78, 5) is 4.66. The molecule has 0 saturated carbocycles. The molecule has 0 atom stereocenters. The molecule has 1 aromatic carbocycles. The minimum atomic E-state index is 0.652. The Bertz CT molecular complexity index is 689. The zero-order valence-corrected chi connectivity index (χ0v) is 12.5. The van der Waals surface area contributed by atoms with Gasteiger partial charge in [0.2, 0.25) is 0 Å². The van der Waals surface area contributed by atoms with Gasteiger partial charge < -0.3 is 5.73 Å². The Morgan fingerprint density at radius 3 is 2.81 bits per heavy atom. The van der Waals surface area contributed by atoms with Gasteiger partial charge in [0.1, 0.15) is 5.01 Å². The highest BCUT2D eigenvalue weighted by atomic mass is 32.1. The molecule has 2 N–H and O–H groups in total. The van der Waals surface area contributed by atoms with Crippen molar-refractivity contribution < 1.29 is 0 Å².